The van der Waals surface area contributed by atoms with Gasteiger partial charge in [0.2, 0.25) is 0 Å². The van der Waals surface area contributed by atoms with Crippen LogP contribution < -0.4 is 4.74 Å². The third-order valence-corrected chi connectivity index (χ3v) is 7.70. The molecule has 5 heteroatoms. The number of benzene rings is 1. The van der Waals surface area contributed by atoms with E-state index in [-0.39, 0.29) is 11.2 Å². The summed E-state index contributed by atoms with van der Waals surface area (Å²) in [7, 11) is 1.70. The number of ether oxygens (including phenoxy) is 2. The van der Waals surface area contributed by atoms with Gasteiger partial charge < -0.3 is 13.9 Å². The van der Waals surface area contributed by atoms with Crippen LogP contribution in [-0.4, -0.2) is 28.1 Å². The molecule has 0 atom stereocenters. The van der Waals surface area contributed by atoms with Crippen molar-refractivity contribution in [3.05, 3.63) is 53.9 Å². The molecule has 0 radical (unpaired) electrons. The van der Waals surface area contributed by atoms with E-state index >= 15 is 0 Å². The monoisotopic (exact) mass is 450 g/mol. The molecule has 0 saturated carbocycles. The van der Waals surface area contributed by atoms with Crippen molar-refractivity contribution in [3.63, 3.8) is 0 Å². The highest BCUT2D eigenvalue weighted by Gasteiger charge is 2.47. The van der Waals surface area contributed by atoms with Crippen molar-refractivity contribution in [3.8, 4) is 22.9 Å². The van der Waals surface area contributed by atoms with E-state index in [0.29, 0.717) is 5.92 Å². The van der Waals surface area contributed by atoms with Gasteiger partial charge in [0.05, 0.1) is 24.0 Å². The van der Waals surface area contributed by atoms with E-state index < -0.39 is 0 Å². The summed E-state index contributed by atoms with van der Waals surface area (Å²) in [4.78, 5) is 0. The number of nitrogens with zero attached hydrogens (tertiary/aromatic N) is 2. The lowest BCUT2D eigenvalue weighted by molar-refractivity contribution is -0.202. The van der Waals surface area contributed by atoms with Gasteiger partial charge in [-0.15, -0.1) is 0 Å². The van der Waals surface area contributed by atoms with Crippen LogP contribution in [0.1, 0.15) is 83.6 Å². The SMILES string of the molecule is CCC1(CC)CC(c2cc(-c3ccc(C)o3)n(-c3ccccc3OC)n2)CC(CC)(CC)O1. The maximum absolute atomic E-state index is 6.88. The van der Waals surface area contributed by atoms with Crippen LogP contribution in [0, 0.1) is 6.92 Å². The van der Waals surface area contributed by atoms with Crippen molar-refractivity contribution in [2.75, 3.05) is 7.11 Å². The summed E-state index contributed by atoms with van der Waals surface area (Å²) in [5, 5.41) is 5.19. The van der Waals surface area contributed by atoms with E-state index in [9.17, 15) is 0 Å². The first-order chi connectivity index (χ1) is 15.9. The second-order valence-corrected chi connectivity index (χ2v) is 9.44. The van der Waals surface area contributed by atoms with Crippen molar-refractivity contribution in [1.29, 1.82) is 0 Å². The summed E-state index contributed by atoms with van der Waals surface area (Å²) >= 11 is 0. The second kappa shape index (κ2) is 9.38. The number of methoxy groups -OCH3 is 1. The van der Waals surface area contributed by atoms with E-state index in [0.717, 1.165) is 72.9 Å². The Bertz CT molecular complexity index is 1050. The van der Waals surface area contributed by atoms with E-state index in [2.05, 4.69) is 33.8 Å². The molecule has 1 saturated heterocycles. The predicted molar refractivity (Wildman–Crippen MR) is 132 cm³/mol. The predicted octanol–water partition coefficient (Wildman–Crippen LogP) is 7.46. The first-order valence-electron chi connectivity index (χ1n) is 12.4. The Hall–Kier alpha value is -2.53. The molecule has 3 heterocycles. The average Bonchev–Trinajstić information content (AvgIpc) is 3.50. The Morgan fingerprint density at radius 3 is 2.15 bits per heavy atom. The highest BCUT2D eigenvalue weighted by Crippen LogP contribution is 2.49. The fourth-order valence-electron chi connectivity index (χ4n) is 5.42. The summed E-state index contributed by atoms with van der Waals surface area (Å²) in [6.07, 6.45) is 6.03. The number of para-hydroxylation sites is 2. The number of aromatic nitrogens is 2. The molecule has 2 aromatic heterocycles. The summed E-state index contributed by atoms with van der Waals surface area (Å²) < 4.78 is 20.6. The average molecular weight is 451 g/mol. The first-order valence-corrected chi connectivity index (χ1v) is 12.4. The van der Waals surface area contributed by atoms with Crippen molar-refractivity contribution in [1.82, 2.24) is 9.78 Å². The third kappa shape index (κ3) is 4.35. The van der Waals surface area contributed by atoms with Gasteiger partial charge in [-0.2, -0.15) is 5.10 Å². The maximum atomic E-state index is 6.88. The molecule has 1 aliphatic rings. The number of aryl methyl sites for hydroxylation is 1. The van der Waals surface area contributed by atoms with Crippen LogP contribution in [-0.2, 0) is 4.74 Å². The van der Waals surface area contributed by atoms with Crippen molar-refractivity contribution < 1.29 is 13.9 Å². The molecule has 0 N–H and O–H groups in total. The Balaban J connectivity index is 1.85. The first kappa shape index (κ1) is 23.6. The van der Waals surface area contributed by atoms with Crippen molar-refractivity contribution in [2.24, 2.45) is 0 Å². The highest BCUT2D eigenvalue weighted by atomic mass is 16.5. The van der Waals surface area contributed by atoms with Gasteiger partial charge in [0.25, 0.3) is 0 Å². The third-order valence-electron chi connectivity index (χ3n) is 7.70. The fraction of sp³-hybridized carbons (Fsp3) is 0.536. The molecule has 0 bridgehead atoms. The van der Waals surface area contributed by atoms with Gasteiger partial charge in [0.15, 0.2) is 5.76 Å². The number of rotatable bonds is 8. The van der Waals surface area contributed by atoms with Gasteiger partial charge in [-0.3, -0.25) is 0 Å². The van der Waals surface area contributed by atoms with E-state index in [4.69, 9.17) is 19.0 Å². The molecule has 0 amide bonds. The molecule has 1 fully saturated rings. The summed E-state index contributed by atoms with van der Waals surface area (Å²) in [6.45, 7) is 11.0. The van der Waals surface area contributed by atoms with Crippen LogP contribution in [0.3, 0.4) is 0 Å². The lowest BCUT2D eigenvalue weighted by atomic mass is 9.73. The molecule has 33 heavy (non-hydrogen) atoms. The lowest BCUT2D eigenvalue weighted by Gasteiger charge is -2.50. The Morgan fingerprint density at radius 2 is 1.61 bits per heavy atom. The van der Waals surface area contributed by atoms with E-state index in [1.54, 1.807) is 7.11 Å². The largest absolute Gasteiger partial charge is 0.494 e. The van der Waals surface area contributed by atoms with Gasteiger partial charge in [0.1, 0.15) is 22.9 Å². The van der Waals surface area contributed by atoms with Gasteiger partial charge in [-0.25, -0.2) is 4.68 Å². The standard InChI is InChI=1S/C28H38N2O3/c1-7-27(8-2)18-21(19-28(9-3,10-4)33-27)22-17-24(26-16-15-20(5)32-26)30(29-22)23-13-11-12-14-25(23)31-6/h11-17,21H,7-10,18-19H2,1-6H3. The zero-order valence-electron chi connectivity index (χ0n) is 21.0. The summed E-state index contributed by atoms with van der Waals surface area (Å²) in [5.41, 5.74) is 2.75. The fourth-order valence-corrected chi connectivity index (χ4v) is 5.42. The molecule has 0 aliphatic carbocycles. The molecule has 5 nitrogen and oxygen atoms in total. The molecule has 1 aromatic carbocycles. The van der Waals surface area contributed by atoms with Gasteiger partial charge in [0, 0.05) is 5.92 Å². The number of furan rings is 1. The number of hydrogen-bond donors (Lipinski definition) is 0. The zero-order valence-corrected chi connectivity index (χ0v) is 21.0. The van der Waals surface area contributed by atoms with E-state index in [1.165, 1.54) is 0 Å². The van der Waals surface area contributed by atoms with Gasteiger partial charge in [-0.1, -0.05) is 39.8 Å². The minimum Gasteiger partial charge on any atom is -0.494 e. The normalized spacial score (nSPS) is 17.9. The second-order valence-electron chi connectivity index (χ2n) is 9.44. The van der Waals surface area contributed by atoms with E-state index in [1.807, 2.05) is 48.0 Å². The molecule has 1 aliphatic heterocycles. The molecule has 3 aromatic rings. The molecular formula is C28H38N2O3. The van der Waals surface area contributed by atoms with Gasteiger partial charge in [-0.05, 0) is 75.8 Å². The Morgan fingerprint density at radius 1 is 0.970 bits per heavy atom. The van der Waals surface area contributed by atoms with Crippen LogP contribution >= 0.6 is 0 Å². The molecule has 0 spiro atoms. The molecule has 178 valence electrons. The molecule has 4 rings (SSSR count). The topological polar surface area (TPSA) is 49.4 Å². The Kier molecular flexibility index (Phi) is 6.71. The summed E-state index contributed by atoms with van der Waals surface area (Å²) in [6, 6.07) is 14.3. The summed E-state index contributed by atoms with van der Waals surface area (Å²) in [5.74, 6) is 2.82. The van der Waals surface area contributed by atoms with Crippen LogP contribution in [0.5, 0.6) is 5.75 Å². The van der Waals surface area contributed by atoms with Crippen LogP contribution in [0.4, 0.5) is 0 Å². The highest BCUT2D eigenvalue weighted by molar-refractivity contribution is 5.60. The number of hydrogen-bond acceptors (Lipinski definition) is 4. The molecular weight excluding hydrogens is 412 g/mol. The zero-order chi connectivity index (χ0) is 23.6. The minimum atomic E-state index is -0.107. The maximum Gasteiger partial charge on any atom is 0.152 e. The Labute approximate surface area is 198 Å². The smallest absolute Gasteiger partial charge is 0.152 e. The minimum absolute atomic E-state index is 0.107. The van der Waals surface area contributed by atoms with Crippen LogP contribution in [0.25, 0.3) is 17.1 Å². The van der Waals surface area contributed by atoms with Crippen LogP contribution in [0.15, 0.2) is 46.9 Å². The lowest BCUT2D eigenvalue weighted by Crippen LogP contribution is -2.50. The van der Waals surface area contributed by atoms with Crippen LogP contribution in [0.2, 0.25) is 0 Å². The van der Waals surface area contributed by atoms with Crippen molar-refractivity contribution in [2.45, 2.75) is 90.3 Å². The van der Waals surface area contributed by atoms with Gasteiger partial charge >= 0.3 is 0 Å². The van der Waals surface area contributed by atoms with Crippen molar-refractivity contribution >= 4 is 0 Å². The molecule has 0 unspecified atom stereocenters. The quantitative estimate of drug-likeness (QED) is 0.357.